The molecule has 0 spiro atoms. The lowest BCUT2D eigenvalue weighted by molar-refractivity contribution is 0.339. The van der Waals surface area contributed by atoms with Crippen molar-refractivity contribution in [2.75, 3.05) is 40.0 Å². The zero-order valence-corrected chi connectivity index (χ0v) is 13.7. The van der Waals surface area contributed by atoms with Gasteiger partial charge in [-0.2, -0.15) is 0 Å². The lowest BCUT2D eigenvalue weighted by Gasteiger charge is -2.17. The Balaban J connectivity index is 2.26. The molecular weight excluding hydrogens is 282 g/mol. The van der Waals surface area contributed by atoms with Gasteiger partial charge in [-0.05, 0) is 33.4 Å². The Bertz CT molecular complexity index is 483. The van der Waals surface area contributed by atoms with Gasteiger partial charge in [0.05, 0.1) is 17.0 Å². The second-order valence-corrected chi connectivity index (χ2v) is 8.11. The molecule has 0 bridgehead atoms. The number of aryl methyl sites for hydroxylation is 1. The smallest absolute Gasteiger partial charge is 0.213 e. The molecule has 19 heavy (non-hydrogen) atoms. The van der Waals surface area contributed by atoms with Crippen molar-refractivity contribution in [3.05, 3.63) is 16.1 Å². The molecule has 1 rings (SSSR count). The normalized spacial score (nSPS) is 12.5. The van der Waals surface area contributed by atoms with Gasteiger partial charge in [-0.25, -0.2) is 17.7 Å². The van der Waals surface area contributed by atoms with E-state index in [0.717, 1.165) is 25.2 Å². The van der Waals surface area contributed by atoms with Crippen molar-refractivity contribution in [2.45, 2.75) is 19.8 Å². The molecule has 5 nitrogen and oxygen atoms in total. The third-order valence-corrected chi connectivity index (χ3v) is 5.98. The van der Waals surface area contributed by atoms with Gasteiger partial charge in [-0.3, -0.25) is 0 Å². The average molecular weight is 305 g/mol. The molecule has 110 valence electrons. The summed E-state index contributed by atoms with van der Waals surface area (Å²) in [5.74, 6) is 0.212. The van der Waals surface area contributed by atoms with Crippen molar-refractivity contribution < 1.29 is 8.42 Å². The van der Waals surface area contributed by atoms with Crippen molar-refractivity contribution in [3.8, 4) is 0 Å². The third-order valence-electron chi connectivity index (χ3n) is 3.06. The maximum Gasteiger partial charge on any atom is 0.213 e. The van der Waals surface area contributed by atoms with E-state index >= 15 is 0 Å². The number of nitrogens with zero attached hydrogens (tertiary/aromatic N) is 3. The highest BCUT2D eigenvalue weighted by atomic mass is 32.2. The third kappa shape index (κ3) is 5.56. The predicted octanol–water partition coefficient (Wildman–Crippen LogP) is 1.21. The van der Waals surface area contributed by atoms with E-state index in [1.54, 1.807) is 25.4 Å². The second-order valence-electron chi connectivity index (χ2n) is 4.87. The van der Waals surface area contributed by atoms with Crippen LogP contribution in [0, 0.1) is 6.92 Å². The van der Waals surface area contributed by atoms with E-state index in [-0.39, 0.29) is 5.75 Å². The van der Waals surface area contributed by atoms with Gasteiger partial charge in [0.2, 0.25) is 10.0 Å². The minimum atomic E-state index is -3.06. The Hall–Kier alpha value is -0.500. The van der Waals surface area contributed by atoms with E-state index in [0.29, 0.717) is 6.42 Å². The molecule has 0 saturated heterocycles. The number of sulfonamides is 1. The van der Waals surface area contributed by atoms with E-state index < -0.39 is 10.0 Å². The molecule has 0 fully saturated rings. The first-order valence-electron chi connectivity index (χ1n) is 6.30. The molecule has 0 amide bonds. The molecule has 1 heterocycles. The summed E-state index contributed by atoms with van der Waals surface area (Å²) in [6.45, 7) is 3.76. The number of likely N-dealkylation sites (N-methyl/N-ethyl adjacent to an activating group) is 1. The van der Waals surface area contributed by atoms with Crippen LogP contribution in [0.15, 0.2) is 5.51 Å². The fourth-order valence-electron chi connectivity index (χ4n) is 1.67. The Morgan fingerprint density at radius 3 is 2.47 bits per heavy atom. The highest BCUT2D eigenvalue weighted by molar-refractivity contribution is 7.89. The molecule has 0 radical (unpaired) electrons. The first-order chi connectivity index (χ1) is 8.83. The standard InChI is InChI=1S/C12H23N3O2S2/c1-11-12(18-10-13-11)6-8-15(4)7-5-9-19(16,17)14(2)3/h10H,5-9H2,1-4H3. The Morgan fingerprint density at radius 2 is 1.95 bits per heavy atom. The molecule has 0 N–H and O–H groups in total. The monoisotopic (exact) mass is 305 g/mol. The van der Waals surface area contributed by atoms with Gasteiger partial charge < -0.3 is 4.90 Å². The van der Waals surface area contributed by atoms with E-state index in [2.05, 4.69) is 9.88 Å². The quantitative estimate of drug-likeness (QED) is 0.724. The SMILES string of the molecule is Cc1ncsc1CCN(C)CCCS(=O)(=O)N(C)C. The molecule has 0 saturated carbocycles. The summed E-state index contributed by atoms with van der Waals surface area (Å²) in [5, 5.41) is 0. The van der Waals surface area contributed by atoms with E-state index in [1.807, 2.05) is 19.5 Å². The van der Waals surface area contributed by atoms with Gasteiger partial charge >= 0.3 is 0 Å². The van der Waals surface area contributed by atoms with Crippen molar-refractivity contribution in [1.29, 1.82) is 0 Å². The van der Waals surface area contributed by atoms with Gasteiger partial charge in [0, 0.05) is 25.5 Å². The Labute approximate surface area is 120 Å². The summed E-state index contributed by atoms with van der Waals surface area (Å²) in [4.78, 5) is 7.71. The van der Waals surface area contributed by atoms with Crippen LogP contribution in [0.2, 0.25) is 0 Å². The first-order valence-corrected chi connectivity index (χ1v) is 8.79. The van der Waals surface area contributed by atoms with Gasteiger partial charge in [-0.1, -0.05) is 0 Å². The van der Waals surface area contributed by atoms with Gasteiger partial charge in [0.25, 0.3) is 0 Å². The lowest BCUT2D eigenvalue weighted by Crippen LogP contribution is -2.28. The summed E-state index contributed by atoms with van der Waals surface area (Å²) in [5.41, 5.74) is 2.97. The van der Waals surface area contributed by atoms with Crippen molar-refractivity contribution in [1.82, 2.24) is 14.2 Å². The fourth-order valence-corrected chi connectivity index (χ4v) is 3.30. The Morgan fingerprint density at radius 1 is 1.26 bits per heavy atom. The first kappa shape index (κ1) is 16.6. The molecule has 0 aliphatic heterocycles. The van der Waals surface area contributed by atoms with Crippen LogP contribution >= 0.6 is 11.3 Å². The van der Waals surface area contributed by atoms with Crippen LogP contribution in [-0.4, -0.2) is 62.6 Å². The zero-order valence-electron chi connectivity index (χ0n) is 12.1. The molecule has 1 aromatic heterocycles. The molecule has 0 atom stereocenters. The molecular formula is C12H23N3O2S2. The molecule has 0 aliphatic carbocycles. The lowest BCUT2D eigenvalue weighted by atomic mass is 10.3. The minimum absolute atomic E-state index is 0.212. The number of thiazole rings is 1. The van der Waals surface area contributed by atoms with Crippen molar-refractivity contribution in [2.24, 2.45) is 0 Å². The highest BCUT2D eigenvalue weighted by Gasteiger charge is 2.13. The summed E-state index contributed by atoms with van der Waals surface area (Å²) in [6.07, 6.45) is 1.64. The van der Waals surface area contributed by atoms with Crippen LogP contribution < -0.4 is 0 Å². The van der Waals surface area contributed by atoms with Crippen LogP contribution in [0.1, 0.15) is 17.0 Å². The largest absolute Gasteiger partial charge is 0.306 e. The van der Waals surface area contributed by atoms with E-state index in [1.165, 1.54) is 9.18 Å². The summed E-state index contributed by atoms with van der Waals surface area (Å²) in [7, 11) is 2.12. The number of hydrogen-bond acceptors (Lipinski definition) is 5. The Kier molecular flexibility index (Phi) is 6.38. The van der Waals surface area contributed by atoms with Gasteiger partial charge in [0.1, 0.15) is 0 Å². The molecule has 0 aliphatic rings. The van der Waals surface area contributed by atoms with E-state index in [9.17, 15) is 8.42 Å². The van der Waals surface area contributed by atoms with Gasteiger partial charge in [-0.15, -0.1) is 11.3 Å². The predicted molar refractivity (Wildman–Crippen MR) is 80.1 cm³/mol. The van der Waals surface area contributed by atoms with Crippen LogP contribution in [0.3, 0.4) is 0 Å². The number of rotatable bonds is 8. The molecule has 7 heteroatoms. The topological polar surface area (TPSA) is 53.5 Å². The van der Waals surface area contributed by atoms with Crippen LogP contribution in [-0.2, 0) is 16.4 Å². The van der Waals surface area contributed by atoms with Crippen molar-refractivity contribution >= 4 is 21.4 Å². The van der Waals surface area contributed by atoms with E-state index in [4.69, 9.17) is 0 Å². The molecule has 0 aromatic carbocycles. The second kappa shape index (κ2) is 7.33. The van der Waals surface area contributed by atoms with Crippen molar-refractivity contribution in [3.63, 3.8) is 0 Å². The zero-order chi connectivity index (χ0) is 14.5. The van der Waals surface area contributed by atoms with Crippen LogP contribution in [0.25, 0.3) is 0 Å². The van der Waals surface area contributed by atoms with Gasteiger partial charge in [0.15, 0.2) is 0 Å². The maximum atomic E-state index is 11.6. The summed E-state index contributed by atoms with van der Waals surface area (Å²) >= 11 is 1.68. The number of aromatic nitrogens is 1. The molecule has 1 aromatic rings. The summed E-state index contributed by atoms with van der Waals surface area (Å²) in [6, 6.07) is 0. The maximum absolute atomic E-state index is 11.6. The average Bonchev–Trinajstić information content (AvgIpc) is 2.72. The minimum Gasteiger partial charge on any atom is -0.306 e. The number of hydrogen-bond donors (Lipinski definition) is 0. The van der Waals surface area contributed by atoms with Crippen LogP contribution in [0.5, 0.6) is 0 Å². The van der Waals surface area contributed by atoms with Crippen LogP contribution in [0.4, 0.5) is 0 Å². The fraction of sp³-hybridized carbons (Fsp3) is 0.750. The highest BCUT2D eigenvalue weighted by Crippen LogP contribution is 2.13. The molecule has 0 unspecified atom stereocenters. The summed E-state index contributed by atoms with van der Waals surface area (Å²) < 4.78 is 24.5.